The summed E-state index contributed by atoms with van der Waals surface area (Å²) in [7, 11) is 0. The normalized spacial score (nSPS) is 15.4. The molecule has 3 N–H and O–H groups in total. The minimum atomic E-state index is -0.0760. The summed E-state index contributed by atoms with van der Waals surface area (Å²) in [6, 6.07) is 5.79. The Morgan fingerprint density at radius 1 is 1.17 bits per heavy atom. The van der Waals surface area contributed by atoms with Gasteiger partial charge in [-0.1, -0.05) is 6.07 Å². The molecular weight excluding hydrogens is 382 g/mol. The largest absolute Gasteiger partial charge is 0.395 e. The number of carbonyl (C=O) groups excluding carboxylic acids is 1. The highest BCUT2D eigenvalue weighted by molar-refractivity contribution is 6.22. The fourth-order valence-corrected chi connectivity index (χ4v) is 3.16. The summed E-state index contributed by atoms with van der Waals surface area (Å²) in [6.45, 7) is 3.43. The van der Waals surface area contributed by atoms with Gasteiger partial charge in [0.15, 0.2) is 11.6 Å². The SMILES string of the molecule is CC1=C/C(=N\c2c(NCCn3ccnc3)nn3ccccc23)C(NCCO)=CC1=O. The van der Waals surface area contributed by atoms with Crippen molar-refractivity contribution < 1.29 is 9.90 Å². The first-order valence-corrected chi connectivity index (χ1v) is 9.71. The maximum absolute atomic E-state index is 12.1. The van der Waals surface area contributed by atoms with Gasteiger partial charge < -0.3 is 20.3 Å². The number of aliphatic imine (C=N–C) groups is 1. The van der Waals surface area contributed by atoms with E-state index in [1.807, 2.05) is 35.2 Å². The van der Waals surface area contributed by atoms with Crippen LogP contribution in [0.4, 0.5) is 11.5 Å². The van der Waals surface area contributed by atoms with Gasteiger partial charge in [0, 0.05) is 44.3 Å². The smallest absolute Gasteiger partial charge is 0.183 e. The van der Waals surface area contributed by atoms with Crippen LogP contribution in [0.25, 0.3) is 5.52 Å². The second-order valence-electron chi connectivity index (χ2n) is 6.85. The van der Waals surface area contributed by atoms with E-state index in [2.05, 4.69) is 20.7 Å². The maximum atomic E-state index is 12.1. The van der Waals surface area contributed by atoms with Gasteiger partial charge in [-0.3, -0.25) is 4.79 Å². The van der Waals surface area contributed by atoms with Crippen molar-refractivity contribution in [1.82, 2.24) is 24.5 Å². The van der Waals surface area contributed by atoms with Crippen LogP contribution in [0.2, 0.25) is 0 Å². The summed E-state index contributed by atoms with van der Waals surface area (Å²) in [5.41, 5.74) is 3.34. The van der Waals surface area contributed by atoms with Crippen LogP contribution < -0.4 is 10.6 Å². The third-order valence-corrected chi connectivity index (χ3v) is 4.69. The zero-order valence-corrected chi connectivity index (χ0v) is 16.6. The van der Waals surface area contributed by atoms with Crippen molar-refractivity contribution in [2.75, 3.05) is 25.0 Å². The number of allylic oxidation sites excluding steroid dienone is 3. The van der Waals surface area contributed by atoms with Crippen LogP contribution in [0.5, 0.6) is 0 Å². The predicted molar refractivity (Wildman–Crippen MR) is 115 cm³/mol. The number of nitrogens with zero attached hydrogens (tertiary/aromatic N) is 5. The summed E-state index contributed by atoms with van der Waals surface area (Å²) in [6.07, 6.45) is 10.6. The summed E-state index contributed by atoms with van der Waals surface area (Å²) in [5, 5.41) is 20.2. The quantitative estimate of drug-likeness (QED) is 0.493. The molecule has 0 amide bonds. The predicted octanol–water partition coefficient (Wildman–Crippen LogP) is 1.71. The fraction of sp³-hybridized carbons (Fsp3) is 0.238. The molecule has 3 aromatic heterocycles. The Morgan fingerprint density at radius 3 is 2.87 bits per heavy atom. The molecule has 0 bridgehead atoms. The van der Waals surface area contributed by atoms with Crippen LogP contribution in [-0.4, -0.2) is 55.5 Å². The first-order chi connectivity index (χ1) is 14.7. The van der Waals surface area contributed by atoms with E-state index in [9.17, 15) is 4.79 Å². The Labute approximate surface area is 173 Å². The molecule has 30 heavy (non-hydrogen) atoms. The number of carbonyl (C=O) groups is 1. The third-order valence-electron chi connectivity index (χ3n) is 4.69. The highest BCUT2D eigenvalue weighted by atomic mass is 16.3. The molecule has 3 heterocycles. The number of imidazole rings is 1. The van der Waals surface area contributed by atoms with Gasteiger partial charge >= 0.3 is 0 Å². The van der Waals surface area contributed by atoms with Crippen molar-refractivity contribution in [3.05, 3.63) is 66.5 Å². The molecule has 0 fully saturated rings. The van der Waals surface area contributed by atoms with E-state index < -0.39 is 0 Å². The van der Waals surface area contributed by atoms with Crippen molar-refractivity contribution in [3.8, 4) is 0 Å². The molecule has 0 saturated carbocycles. The monoisotopic (exact) mass is 405 g/mol. The molecule has 9 heteroatoms. The van der Waals surface area contributed by atoms with Crippen LogP contribution in [-0.2, 0) is 11.3 Å². The number of nitrogens with one attached hydrogen (secondary N) is 2. The van der Waals surface area contributed by atoms with Crippen molar-refractivity contribution in [3.63, 3.8) is 0 Å². The summed E-state index contributed by atoms with van der Waals surface area (Å²) in [4.78, 5) is 21.0. The molecule has 0 radical (unpaired) electrons. The standard InChI is InChI=1S/C21H23N7O2/c1-15-12-17(16(13-19(15)30)23-7-11-29)25-20-18-4-2-3-8-28(18)26-21(20)24-6-10-27-9-5-22-14-27/h2-5,8-9,12-14,23,29H,6-7,10-11H2,1H3,(H,24,26)/b25-17+. The Bertz CT molecular complexity index is 1140. The van der Waals surface area contributed by atoms with Gasteiger partial charge in [0.05, 0.1) is 29.9 Å². The second kappa shape index (κ2) is 8.75. The Morgan fingerprint density at radius 2 is 2.07 bits per heavy atom. The highest BCUT2D eigenvalue weighted by Gasteiger charge is 2.18. The lowest BCUT2D eigenvalue weighted by Gasteiger charge is -2.15. The van der Waals surface area contributed by atoms with Gasteiger partial charge in [0.2, 0.25) is 0 Å². The summed E-state index contributed by atoms with van der Waals surface area (Å²) in [5.74, 6) is 0.575. The van der Waals surface area contributed by atoms with Gasteiger partial charge in [-0.2, -0.15) is 0 Å². The van der Waals surface area contributed by atoms with Crippen LogP contribution in [0.15, 0.2) is 71.5 Å². The molecule has 0 saturated heterocycles. The van der Waals surface area contributed by atoms with E-state index in [0.717, 1.165) is 12.1 Å². The Hall–Kier alpha value is -3.72. The molecule has 0 atom stereocenters. The van der Waals surface area contributed by atoms with Gasteiger partial charge in [-0.05, 0) is 30.7 Å². The number of hydrogen-bond acceptors (Lipinski definition) is 7. The summed E-state index contributed by atoms with van der Waals surface area (Å²) < 4.78 is 3.75. The molecule has 9 nitrogen and oxygen atoms in total. The van der Waals surface area contributed by atoms with Crippen molar-refractivity contribution in [2.24, 2.45) is 4.99 Å². The number of rotatable bonds is 8. The molecule has 0 unspecified atom stereocenters. The number of pyridine rings is 1. The van der Waals surface area contributed by atoms with Crippen molar-refractivity contribution in [2.45, 2.75) is 13.5 Å². The van der Waals surface area contributed by atoms with Crippen molar-refractivity contribution in [1.29, 1.82) is 0 Å². The van der Waals surface area contributed by atoms with Crippen molar-refractivity contribution >= 4 is 28.5 Å². The van der Waals surface area contributed by atoms with E-state index >= 15 is 0 Å². The van der Waals surface area contributed by atoms with Crippen LogP contribution >= 0.6 is 0 Å². The fourth-order valence-electron chi connectivity index (χ4n) is 3.16. The van der Waals surface area contributed by atoms with Crippen LogP contribution in [0.1, 0.15) is 6.92 Å². The molecule has 0 spiro atoms. The van der Waals surface area contributed by atoms with E-state index in [0.29, 0.717) is 41.6 Å². The number of hydrogen-bond donors (Lipinski definition) is 3. The summed E-state index contributed by atoms with van der Waals surface area (Å²) >= 11 is 0. The van der Waals surface area contributed by atoms with Gasteiger partial charge in [-0.15, -0.1) is 5.10 Å². The third kappa shape index (κ3) is 4.15. The molecule has 1 aliphatic rings. The number of aliphatic hydroxyl groups excluding tert-OH is 1. The minimum absolute atomic E-state index is 0.0424. The van der Waals surface area contributed by atoms with E-state index in [1.165, 1.54) is 6.08 Å². The molecule has 3 aromatic rings. The number of aromatic nitrogens is 4. The molecule has 1 aliphatic carbocycles. The lowest BCUT2D eigenvalue weighted by Crippen LogP contribution is -2.26. The van der Waals surface area contributed by atoms with Gasteiger partial charge in [0.25, 0.3) is 0 Å². The van der Waals surface area contributed by atoms with E-state index in [1.54, 1.807) is 30.0 Å². The molecule has 4 rings (SSSR count). The molecule has 154 valence electrons. The van der Waals surface area contributed by atoms with Crippen LogP contribution in [0, 0.1) is 0 Å². The highest BCUT2D eigenvalue weighted by Crippen LogP contribution is 2.31. The zero-order valence-electron chi connectivity index (χ0n) is 16.6. The number of aliphatic hydroxyl groups is 1. The zero-order chi connectivity index (χ0) is 20.9. The number of ketones is 1. The topological polar surface area (TPSA) is 109 Å². The average Bonchev–Trinajstić information content (AvgIpc) is 3.38. The lowest BCUT2D eigenvalue weighted by atomic mass is 10.0. The van der Waals surface area contributed by atoms with Gasteiger partial charge in [0.1, 0.15) is 5.69 Å². The maximum Gasteiger partial charge on any atom is 0.183 e. The lowest BCUT2D eigenvalue weighted by molar-refractivity contribution is -0.111. The molecular formula is C21H23N7O2. The average molecular weight is 405 g/mol. The second-order valence-corrected chi connectivity index (χ2v) is 6.85. The number of fused-ring (bicyclic) bond motifs is 1. The molecule has 0 aromatic carbocycles. The van der Waals surface area contributed by atoms with E-state index in [4.69, 9.17) is 10.1 Å². The first kappa shape index (κ1) is 19.6. The molecule has 0 aliphatic heterocycles. The minimum Gasteiger partial charge on any atom is -0.395 e. The van der Waals surface area contributed by atoms with Gasteiger partial charge in [-0.25, -0.2) is 14.5 Å². The van der Waals surface area contributed by atoms with E-state index in [-0.39, 0.29) is 12.4 Å². The number of anilines is 1. The Kier molecular flexibility index (Phi) is 5.71. The first-order valence-electron chi connectivity index (χ1n) is 9.71. The Balaban J connectivity index is 1.69. The van der Waals surface area contributed by atoms with Crippen LogP contribution in [0.3, 0.4) is 0 Å².